The van der Waals surface area contributed by atoms with Crippen LogP contribution in [0.4, 0.5) is 0 Å². The van der Waals surface area contributed by atoms with Crippen LogP contribution < -0.4 is 0 Å². The van der Waals surface area contributed by atoms with Gasteiger partial charge in [0.2, 0.25) is 5.91 Å². The molecule has 28 heavy (non-hydrogen) atoms. The zero-order chi connectivity index (χ0) is 18.9. The minimum absolute atomic E-state index is 0.320. The predicted molar refractivity (Wildman–Crippen MR) is 108 cm³/mol. The summed E-state index contributed by atoms with van der Waals surface area (Å²) in [5.41, 5.74) is 3.38. The number of amides is 1. The van der Waals surface area contributed by atoms with E-state index in [0.29, 0.717) is 17.7 Å². The Morgan fingerprint density at radius 3 is 2.57 bits per heavy atom. The molecule has 1 aliphatic heterocycles. The Bertz CT molecular complexity index is 960. The van der Waals surface area contributed by atoms with Gasteiger partial charge in [0.25, 0.3) is 0 Å². The number of benzene rings is 1. The molecule has 1 unspecified atom stereocenters. The van der Waals surface area contributed by atoms with Crippen LogP contribution in [0.15, 0.2) is 61.2 Å². The van der Waals surface area contributed by atoms with E-state index in [1.54, 1.807) is 6.20 Å². The van der Waals surface area contributed by atoms with E-state index >= 15 is 0 Å². The fraction of sp³-hybridized carbons (Fsp3) is 0.348. The second-order valence-electron chi connectivity index (χ2n) is 7.94. The molecule has 2 fully saturated rings. The Morgan fingerprint density at radius 2 is 1.82 bits per heavy atom. The van der Waals surface area contributed by atoms with E-state index in [2.05, 4.69) is 56.0 Å². The first-order valence-electron chi connectivity index (χ1n) is 10.1. The van der Waals surface area contributed by atoms with Crippen LogP contribution in [0.25, 0.3) is 22.5 Å². The topological polar surface area (TPSA) is 51.0 Å². The number of imidazole rings is 1. The average molecular weight is 372 g/mol. The number of hydrogen-bond acceptors (Lipinski definition) is 3. The third-order valence-electron chi connectivity index (χ3n) is 5.83. The number of aromatic nitrogens is 3. The van der Waals surface area contributed by atoms with Crippen molar-refractivity contribution < 1.29 is 4.79 Å². The van der Waals surface area contributed by atoms with Gasteiger partial charge in [-0.3, -0.25) is 9.78 Å². The average Bonchev–Trinajstić information content (AvgIpc) is 3.32. The molecule has 5 heteroatoms. The van der Waals surface area contributed by atoms with E-state index in [1.165, 1.54) is 0 Å². The van der Waals surface area contributed by atoms with Crippen molar-refractivity contribution in [3.05, 3.63) is 61.2 Å². The van der Waals surface area contributed by atoms with E-state index in [4.69, 9.17) is 0 Å². The van der Waals surface area contributed by atoms with Crippen LogP contribution in [0.1, 0.15) is 19.3 Å². The maximum absolute atomic E-state index is 12.3. The van der Waals surface area contributed by atoms with Crippen molar-refractivity contribution in [2.45, 2.75) is 25.8 Å². The van der Waals surface area contributed by atoms with E-state index in [0.717, 1.165) is 61.4 Å². The van der Waals surface area contributed by atoms with E-state index < -0.39 is 0 Å². The van der Waals surface area contributed by atoms with Gasteiger partial charge in [-0.1, -0.05) is 30.3 Å². The monoisotopic (exact) mass is 372 g/mol. The minimum atomic E-state index is 0.320. The van der Waals surface area contributed by atoms with Crippen LogP contribution in [-0.2, 0) is 11.3 Å². The lowest BCUT2D eigenvalue weighted by atomic mass is 10.1. The molecule has 5 nitrogen and oxygen atoms in total. The Kier molecular flexibility index (Phi) is 4.43. The first-order valence-corrected chi connectivity index (χ1v) is 10.1. The fourth-order valence-corrected chi connectivity index (χ4v) is 4.11. The van der Waals surface area contributed by atoms with Crippen LogP contribution in [0.2, 0.25) is 0 Å². The summed E-state index contributed by atoms with van der Waals surface area (Å²) < 4.78 is 2.23. The summed E-state index contributed by atoms with van der Waals surface area (Å²) in [5.74, 6) is 2.19. The molecule has 0 spiro atoms. The third-order valence-corrected chi connectivity index (χ3v) is 5.83. The zero-order valence-electron chi connectivity index (χ0n) is 15.9. The number of rotatable bonds is 5. The lowest BCUT2D eigenvalue weighted by Crippen LogP contribution is -2.30. The molecule has 2 aromatic heterocycles. The Labute approximate surface area is 165 Å². The summed E-state index contributed by atoms with van der Waals surface area (Å²) >= 11 is 0. The van der Waals surface area contributed by atoms with Crippen LogP contribution in [0.3, 0.4) is 0 Å². The highest BCUT2D eigenvalue weighted by molar-refractivity contribution is 5.81. The van der Waals surface area contributed by atoms with E-state index in [9.17, 15) is 4.79 Å². The molecule has 2 aliphatic rings. The summed E-state index contributed by atoms with van der Waals surface area (Å²) in [4.78, 5) is 23.2. The van der Waals surface area contributed by atoms with Gasteiger partial charge in [-0.15, -0.1) is 0 Å². The smallest absolute Gasteiger partial charge is 0.225 e. The maximum Gasteiger partial charge on any atom is 0.225 e. The van der Waals surface area contributed by atoms with Crippen molar-refractivity contribution in [1.29, 1.82) is 0 Å². The van der Waals surface area contributed by atoms with Crippen LogP contribution in [-0.4, -0.2) is 38.4 Å². The number of hydrogen-bond donors (Lipinski definition) is 0. The fourth-order valence-electron chi connectivity index (χ4n) is 4.11. The predicted octanol–water partition coefficient (Wildman–Crippen LogP) is 3.87. The van der Waals surface area contributed by atoms with E-state index in [-0.39, 0.29) is 0 Å². The molecule has 1 amide bonds. The molecule has 1 atom stereocenters. The molecule has 1 saturated heterocycles. The second kappa shape index (κ2) is 7.23. The zero-order valence-corrected chi connectivity index (χ0v) is 15.9. The van der Waals surface area contributed by atoms with Gasteiger partial charge in [0.1, 0.15) is 5.82 Å². The normalized spacial score (nSPS) is 19.1. The molecule has 3 aromatic rings. The molecule has 5 rings (SSSR count). The van der Waals surface area contributed by atoms with Crippen molar-refractivity contribution in [2.24, 2.45) is 11.8 Å². The number of carbonyl (C=O) groups excluding carboxylic acids is 1. The summed E-state index contributed by atoms with van der Waals surface area (Å²) in [6.07, 6.45) is 10.8. The molecule has 142 valence electrons. The molecule has 0 N–H and O–H groups in total. The largest absolute Gasteiger partial charge is 0.342 e. The maximum atomic E-state index is 12.3. The Morgan fingerprint density at radius 1 is 1.00 bits per heavy atom. The van der Waals surface area contributed by atoms with Gasteiger partial charge in [-0.2, -0.15) is 0 Å². The summed E-state index contributed by atoms with van der Waals surface area (Å²) in [6, 6.07) is 12.5. The quantitative estimate of drug-likeness (QED) is 0.683. The van der Waals surface area contributed by atoms with Gasteiger partial charge in [0, 0.05) is 55.9 Å². The van der Waals surface area contributed by atoms with Crippen molar-refractivity contribution >= 4 is 5.91 Å². The highest BCUT2D eigenvalue weighted by Crippen LogP contribution is 2.33. The van der Waals surface area contributed by atoms with Crippen molar-refractivity contribution in [3.8, 4) is 22.5 Å². The molecule has 3 heterocycles. The lowest BCUT2D eigenvalue weighted by molar-refractivity contribution is -0.131. The highest BCUT2D eigenvalue weighted by atomic mass is 16.2. The molecule has 0 radical (unpaired) electrons. The van der Waals surface area contributed by atoms with E-state index in [1.807, 2.05) is 18.5 Å². The van der Waals surface area contributed by atoms with Crippen LogP contribution in [0, 0.1) is 11.8 Å². The standard InChI is InChI=1S/C23H24N4O/c28-23(20-7-8-20)27-12-9-17(16-27)15-26-13-11-25-22(26)19-5-3-18(4-6-19)21-2-1-10-24-14-21/h1-6,10-11,13-14,17,20H,7-9,12,15-16H2. The Hall–Kier alpha value is -2.95. The van der Waals surface area contributed by atoms with Crippen molar-refractivity contribution in [3.63, 3.8) is 0 Å². The van der Waals surface area contributed by atoms with Gasteiger partial charge in [-0.05, 0) is 42.4 Å². The van der Waals surface area contributed by atoms with Crippen LogP contribution in [0.5, 0.6) is 0 Å². The first kappa shape index (κ1) is 17.2. The molecule has 0 bridgehead atoms. The number of carbonyl (C=O) groups is 1. The third kappa shape index (κ3) is 3.44. The first-order chi connectivity index (χ1) is 13.8. The lowest BCUT2D eigenvalue weighted by Gasteiger charge is -2.17. The van der Waals surface area contributed by atoms with Gasteiger partial charge in [0.05, 0.1) is 0 Å². The van der Waals surface area contributed by atoms with Crippen molar-refractivity contribution in [2.75, 3.05) is 13.1 Å². The highest BCUT2D eigenvalue weighted by Gasteiger charge is 2.36. The Balaban J connectivity index is 1.29. The summed E-state index contributed by atoms with van der Waals surface area (Å²) in [7, 11) is 0. The second-order valence-corrected chi connectivity index (χ2v) is 7.94. The van der Waals surface area contributed by atoms with Gasteiger partial charge in [-0.25, -0.2) is 4.98 Å². The minimum Gasteiger partial charge on any atom is -0.342 e. The number of likely N-dealkylation sites (tertiary alicyclic amines) is 1. The molecule has 1 aromatic carbocycles. The molecule has 1 aliphatic carbocycles. The summed E-state index contributed by atoms with van der Waals surface area (Å²) in [6.45, 7) is 2.70. The van der Waals surface area contributed by atoms with Gasteiger partial charge >= 0.3 is 0 Å². The number of pyridine rings is 1. The summed E-state index contributed by atoms with van der Waals surface area (Å²) in [5, 5.41) is 0. The van der Waals surface area contributed by atoms with Crippen molar-refractivity contribution in [1.82, 2.24) is 19.4 Å². The van der Waals surface area contributed by atoms with Gasteiger partial charge in [0.15, 0.2) is 0 Å². The number of nitrogens with zero attached hydrogens (tertiary/aromatic N) is 4. The van der Waals surface area contributed by atoms with Crippen LogP contribution >= 0.6 is 0 Å². The molecule has 1 saturated carbocycles. The molecular formula is C23H24N4O. The molecular weight excluding hydrogens is 348 g/mol. The van der Waals surface area contributed by atoms with Gasteiger partial charge < -0.3 is 9.47 Å². The SMILES string of the molecule is O=C(C1CC1)N1CCC(Cn2ccnc2-c2ccc(-c3cccnc3)cc2)C1.